The minimum atomic E-state index is -0.974. The number of aliphatic hydroxyl groups excluding tert-OH is 1. The Labute approximate surface area is 239 Å². The smallest absolute Gasteiger partial charge is 0.338 e. The molecule has 1 aromatic carbocycles. The van der Waals surface area contributed by atoms with E-state index in [4.69, 9.17) is 28.4 Å². The molecule has 2 aliphatic carbocycles. The average molecular weight is 573 g/mol. The molecule has 3 aliphatic heterocycles. The average Bonchev–Trinajstić information content (AvgIpc) is 3.48. The highest BCUT2D eigenvalue weighted by Crippen LogP contribution is 2.70. The first-order valence-corrected chi connectivity index (χ1v) is 14.7. The summed E-state index contributed by atoms with van der Waals surface area (Å²) in [6.45, 7) is 7.67. The first-order chi connectivity index (χ1) is 19.5. The van der Waals surface area contributed by atoms with E-state index in [0.717, 1.165) is 19.3 Å². The summed E-state index contributed by atoms with van der Waals surface area (Å²) < 4.78 is 36.2. The summed E-state index contributed by atoms with van der Waals surface area (Å²) >= 11 is 0. The molecule has 41 heavy (non-hydrogen) atoms. The Kier molecular flexibility index (Phi) is 7.20. The lowest BCUT2D eigenvalue weighted by Gasteiger charge is -2.64. The molecule has 6 rings (SSSR count). The number of epoxide rings is 1. The molecular formula is C31H40O10. The van der Waals surface area contributed by atoms with Crippen LogP contribution in [0, 0.1) is 28.6 Å². The van der Waals surface area contributed by atoms with Crippen LogP contribution < -0.4 is 0 Å². The van der Waals surface area contributed by atoms with E-state index in [1.54, 1.807) is 24.3 Å². The first-order valence-electron chi connectivity index (χ1n) is 14.7. The Balaban J connectivity index is 1.33. The summed E-state index contributed by atoms with van der Waals surface area (Å²) in [4.78, 5) is 37.3. The number of carbonyl (C=O) groups excluding carboxylic acids is 3. The van der Waals surface area contributed by atoms with E-state index in [2.05, 4.69) is 13.8 Å². The minimum Gasteiger partial charge on any atom is -0.465 e. The van der Waals surface area contributed by atoms with Gasteiger partial charge in [0.05, 0.1) is 42.3 Å². The van der Waals surface area contributed by atoms with E-state index >= 15 is 0 Å². The third kappa shape index (κ3) is 4.40. The SMILES string of the molecule is CC(=O)OC[C@@]12[C@@H](OC(C)=O)C[C@@H](C)[C@](C)([C@H]3O[C@@H]4OC[C@@H](OC(=O)c5ccccc5)[C@@H]4[C@@H]3O)[C@H]1CCC[C@]21CO1. The van der Waals surface area contributed by atoms with Gasteiger partial charge in [0.1, 0.15) is 24.4 Å². The van der Waals surface area contributed by atoms with Crippen molar-refractivity contribution in [2.45, 2.75) is 89.7 Å². The van der Waals surface area contributed by atoms with Crippen LogP contribution in [-0.4, -0.2) is 79.1 Å². The van der Waals surface area contributed by atoms with Crippen molar-refractivity contribution in [3.63, 3.8) is 0 Å². The van der Waals surface area contributed by atoms with E-state index in [9.17, 15) is 19.5 Å². The van der Waals surface area contributed by atoms with Gasteiger partial charge in [-0.3, -0.25) is 9.59 Å². The van der Waals surface area contributed by atoms with Gasteiger partial charge in [0.2, 0.25) is 0 Å². The summed E-state index contributed by atoms with van der Waals surface area (Å²) in [7, 11) is 0. The van der Waals surface area contributed by atoms with Crippen molar-refractivity contribution in [1.29, 1.82) is 0 Å². The van der Waals surface area contributed by atoms with Gasteiger partial charge in [-0.2, -0.15) is 0 Å². The Morgan fingerprint density at radius 1 is 1.10 bits per heavy atom. The number of ether oxygens (including phenoxy) is 6. The van der Waals surface area contributed by atoms with Crippen LogP contribution in [-0.2, 0) is 38.0 Å². The molecule has 2 saturated carbocycles. The molecule has 11 atom stereocenters. The molecule has 3 saturated heterocycles. The third-order valence-corrected chi connectivity index (χ3v) is 10.8. The lowest BCUT2D eigenvalue weighted by Crippen LogP contribution is -2.70. The van der Waals surface area contributed by atoms with Crippen molar-refractivity contribution in [1.82, 2.24) is 0 Å². The fourth-order valence-electron chi connectivity index (χ4n) is 8.72. The number of esters is 3. The zero-order valence-electron chi connectivity index (χ0n) is 24.1. The topological polar surface area (TPSA) is 130 Å². The van der Waals surface area contributed by atoms with Gasteiger partial charge in [0.15, 0.2) is 6.29 Å². The lowest BCUT2D eigenvalue weighted by atomic mass is 9.42. The van der Waals surface area contributed by atoms with E-state index in [1.807, 2.05) is 6.07 Å². The van der Waals surface area contributed by atoms with Crippen molar-refractivity contribution in [2.75, 3.05) is 19.8 Å². The molecule has 224 valence electrons. The zero-order valence-corrected chi connectivity index (χ0v) is 24.1. The van der Waals surface area contributed by atoms with Gasteiger partial charge < -0.3 is 33.5 Å². The lowest BCUT2D eigenvalue weighted by molar-refractivity contribution is -0.261. The van der Waals surface area contributed by atoms with Crippen LogP contribution in [0.4, 0.5) is 0 Å². The van der Waals surface area contributed by atoms with Crippen LogP contribution in [0.5, 0.6) is 0 Å². The number of aliphatic hydroxyl groups is 1. The summed E-state index contributed by atoms with van der Waals surface area (Å²) in [6.07, 6.45) is -0.635. The fraction of sp³-hybridized carbons (Fsp3) is 0.710. The Hall–Kier alpha value is -2.53. The summed E-state index contributed by atoms with van der Waals surface area (Å²) in [5.41, 5.74) is -1.59. The molecule has 5 fully saturated rings. The summed E-state index contributed by atoms with van der Waals surface area (Å²) in [6, 6.07) is 8.74. The maximum atomic E-state index is 12.9. The van der Waals surface area contributed by atoms with Crippen LogP contribution in [0.3, 0.4) is 0 Å². The number of hydrogen-bond acceptors (Lipinski definition) is 10. The maximum absolute atomic E-state index is 12.9. The maximum Gasteiger partial charge on any atom is 0.338 e. The Bertz CT molecular complexity index is 1180. The number of benzene rings is 1. The number of hydrogen-bond donors (Lipinski definition) is 1. The fourth-order valence-corrected chi connectivity index (χ4v) is 8.72. The number of carbonyl (C=O) groups is 3. The molecule has 1 N–H and O–H groups in total. The van der Waals surface area contributed by atoms with Gasteiger partial charge in [-0.05, 0) is 43.2 Å². The molecule has 0 bridgehead atoms. The molecule has 10 heteroatoms. The van der Waals surface area contributed by atoms with Gasteiger partial charge in [-0.15, -0.1) is 0 Å². The van der Waals surface area contributed by atoms with Gasteiger partial charge in [0, 0.05) is 19.3 Å². The van der Waals surface area contributed by atoms with Gasteiger partial charge in [-0.1, -0.05) is 38.5 Å². The highest BCUT2D eigenvalue weighted by molar-refractivity contribution is 5.89. The summed E-state index contributed by atoms with van der Waals surface area (Å²) in [5, 5.41) is 11.9. The second-order valence-corrected chi connectivity index (χ2v) is 12.8. The van der Waals surface area contributed by atoms with Crippen molar-refractivity contribution >= 4 is 17.9 Å². The van der Waals surface area contributed by atoms with Crippen molar-refractivity contribution in [2.24, 2.45) is 28.6 Å². The molecule has 5 aliphatic rings. The van der Waals surface area contributed by atoms with E-state index in [0.29, 0.717) is 18.6 Å². The summed E-state index contributed by atoms with van der Waals surface area (Å²) in [5.74, 6) is -2.04. The molecule has 3 heterocycles. The number of rotatable bonds is 6. The Morgan fingerprint density at radius 2 is 1.83 bits per heavy atom. The van der Waals surface area contributed by atoms with Crippen molar-refractivity contribution < 1.29 is 47.9 Å². The van der Waals surface area contributed by atoms with Gasteiger partial charge in [0.25, 0.3) is 0 Å². The molecule has 0 radical (unpaired) electrons. The third-order valence-electron chi connectivity index (χ3n) is 10.8. The molecule has 0 amide bonds. The molecule has 10 nitrogen and oxygen atoms in total. The standard InChI is InChI=1S/C31H40O10/c1-17-13-23(39-19(3)33)31(16-37-18(2)32)22(11-8-12-30(31)15-38-30)29(17,4)26-25(34)24-21(14-36-28(24)41-26)40-27(35)20-9-6-5-7-10-20/h5-7,9-10,17,21-26,28,34H,8,11-16H2,1-4H3/t17-,21-,22-,23+,24-,25+,26+,28+,29+,30+,31+/m1/s1. The highest BCUT2D eigenvalue weighted by Gasteiger charge is 2.77. The van der Waals surface area contributed by atoms with Crippen LogP contribution in [0.25, 0.3) is 0 Å². The van der Waals surface area contributed by atoms with Crippen LogP contribution in [0.1, 0.15) is 63.7 Å². The minimum absolute atomic E-state index is 0.0417. The molecular weight excluding hydrogens is 532 g/mol. The largest absolute Gasteiger partial charge is 0.465 e. The van der Waals surface area contributed by atoms with E-state index in [-0.39, 0.29) is 25.0 Å². The second-order valence-electron chi connectivity index (χ2n) is 12.8. The predicted molar refractivity (Wildman–Crippen MR) is 142 cm³/mol. The predicted octanol–water partition coefficient (Wildman–Crippen LogP) is 3.04. The van der Waals surface area contributed by atoms with Crippen LogP contribution in [0.2, 0.25) is 0 Å². The highest BCUT2D eigenvalue weighted by atomic mass is 16.7. The zero-order chi connectivity index (χ0) is 29.2. The van der Waals surface area contributed by atoms with Gasteiger partial charge >= 0.3 is 17.9 Å². The normalized spacial score (nSPS) is 44.5. The van der Waals surface area contributed by atoms with Crippen LogP contribution in [0.15, 0.2) is 30.3 Å². The second kappa shape index (κ2) is 10.3. The quantitative estimate of drug-likeness (QED) is 0.308. The first kappa shape index (κ1) is 28.6. The van der Waals surface area contributed by atoms with E-state index < -0.39 is 71.0 Å². The number of fused-ring (bicyclic) bond motifs is 3. The molecule has 0 aromatic heterocycles. The van der Waals surface area contributed by atoms with E-state index in [1.165, 1.54) is 13.8 Å². The Morgan fingerprint density at radius 3 is 2.49 bits per heavy atom. The molecule has 1 spiro atoms. The monoisotopic (exact) mass is 572 g/mol. The van der Waals surface area contributed by atoms with Crippen molar-refractivity contribution in [3.8, 4) is 0 Å². The molecule has 0 unspecified atom stereocenters. The van der Waals surface area contributed by atoms with Crippen molar-refractivity contribution in [3.05, 3.63) is 35.9 Å². The molecule has 1 aromatic rings. The van der Waals surface area contributed by atoms with Gasteiger partial charge in [-0.25, -0.2) is 4.79 Å². The van der Waals surface area contributed by atoms with Crippen LogP contribution >= 0.6 is 0 Å².